The number of amides is 1. The van der Waals surface area contributed by atoms with E-state index in [0.29, 0.717) is 24.2 Å². The van der Waals surface area contributed by atoms with Gasteiger partial charge in [0.05, 0.1) is 5.60 Å². The zero-order valence-corrected chi connectivity index (χ0v) is 17.3. The molecule has 5 nitrogen and oxygen atoms in total. The van der Waals surface area contributed by atoms with Gasteiger partial charge in [0.25, 0.3) is 0 Å². The van der Waals surface area contributed by atoms with Gasteiger partial charge in [-0.2, -0.15) is 0 Å². The number of hydrogen-bond acceptors (Lipinski definition) is 4. The van der Waals surface area contributed by atoms with Crippen molar-refractivity contribution in [1.82, 2.24) is 14.7 Å². The lowest BCUT2D eigenvalue weighted by atomic mass is 9.47. The maximum absolute atomic E-state index is 13.4. The normalized spacial score (nSPS) is 44.2. The van der Waals surface area contributed by atoms with Crippen molar-refractivity contribution in [2.45, 2.75) is 68.9 Å². The predicted molar refractivity (Wildman–Crippen MR) is 105 cm³/mol. The summed E-state index contributed by atoms with van der Waals surface area (Å²) in [6.07, 6.45) is 9.53. The first kappa shape index (κ1) is 18.4. The number of rotatable bonds is 2. The molecule has 2 atom stereocenters. The number of hydrogen-bond donors (Lipinski definition) is 1. The molecule has 0 unspecified atom stereocenters. The van der Waals surface area contributed by atoms with Crippen molar-refractivity contribution in [1.29, 1.82) is 0 Å². The van der Waals surface area contributed by atoms with E-state index >= 15 is 0 Å². The Kier molecular flexibility index (Phi) is 4.20. The number of piperidine rings is 1. The lowest BCUT2D eigenvalue weighted by Gasteiger charge is -2.60. The molecule has 1 N–H and O–H groups in total. The molecule has 1 amide bonds. The quantitative estimate of drug-likeness (QED) is 0.801. The summed E-state index contributed by atoms with van der Waals surface area (Å²) in [5.74, 6) is 1.69. The summed E-state index contributed by atoms with van der Waals surface area (Å²) in [6.45, 7) is 5.04. The Hall–Kier alpha value is -0.650. The summed E-state index contributed by atoms with van der Waals surface area (Å²) in [7, 11) is 4.46. The molecule has 0 aromatic carbocycles. The van der Waals surface area contributed by atoms with E-state index < -0.39 is 5.60 Å². The van der Waals surface area contributed by atoms with E-state index in [1.165, 1.54) is 32.1 Å². The van der Waals surface area contributed by atoms with Crippen molar-refractivity contribution in [3.05, 3.63) is 0 Å². The summed E-state index contributed by atoms with van der Waals surface area (Å²) in [5, 5.41) is 11.0. The highest BCUT2D eigenvalue weighted by Crippen LogP contribution is 2.63. The van der Waals surface area contributed by atoms with E-state index in [0.717, 1.165) is 52.0 Å². The van der Waals surface area contributed by atoms with Crippen molar-refractivity contribution < 1.29 is 9.90 Å². The largest absolute Gasteiger partial charge is 0.390 e. The fourth-order valence-corrected chi connectivity index (χ4v) is 7.89. The molecule has 2 aliphatic heterocycles. The monoisotopic (exact) mass is 375 g/mol. The second-order valence-electron chi connectivity index (χ2n) is 11.1. The van der Waals surface area contributed by atoms with Gasteiger partial charge in [-0.15, -0.1) is 0 Å². The first-order valence-corrected chi connectivity index (χ1v) is 11.2. The van der Waals surface area contributed by atoms with Gasteiger partial charge < -0.3 is 14.9 Å². The minimum absolute atomic E-state index is 0.0964. The molecular weight excluding hydrogens is 338 g/mol. The van der Waals surface area contributed by atoms with Crippen LogP contribution in [0.5, 0.6) is 0 Å². The van der Waals surface area contributed by atoms with Crippen molar-refractivity contribution in [2.24, 2.45) is 17.3 Å². The summed E-state index contributed by atoms with van der Waals surface area (Å²) in [5.41, 5.74) is -0.180. The Bertz CT molecular complexity index is 599. The van der Waals surface area contributed by atoms with E-state index in [1.54, 1.807) is 0 Å². The van der Waals surface area contributed by atoms with Crippen LogP contribution in [0.25, 0.3) is 0 Å². The highest BCUT2D eigenvalue weighted by atomic mass is 16.3. The molecule has 0 aromatic rings. The molecule has 4 bridgehead atoms. The predicted octanol–water partition coefficient (Wildman–Crippen LogP) is 1.95. The van der Waals surface area contributed by atoms with E-state index in [1.807, 2.05) is 0 Å². The fourth-order valence-electron chi connectivity index (χ4n) is 7.89. The molecule has 0 radical (unpaired) electrons. The lowest BCUT2D eigenvalue weighted by molar-refractivity contribution is -0.173. The molecule has 6 fully saturated rings. The van der Waals surface area contributed by atoms with Crippen molar-refractivity contribution in [3.63, 3.8) is 0 Å². The van der Waals surface area contributed by atoms with Crippen LogP contribution in [0.4, 0.5) is 0 Å². The van der Waals surface area contributed by atoms with Gasteiger partial charge >= 0.3 is 0 Å². The molecule has 6 rings (SSSR count). The number of carbonyl (C=O) groups excluding carboxylic acids is 1. The summed E-state index contributed by atoms with van der Waals surface area (Å²) >= 11 is 0. The van der Waals surface area contributed by atoms with Gasteiger partial charge in [0.1, 0.15) is 0 Å². The standard InChI is InChI=1S/C22H37N3O2/c1-23-5-3-21(4-6-23)16-25(8-7-24(21)2)19(26)14-20-10-17-9-18(11-20)13-22(27,12-17)15-20/h17-18,27H,3-16H2,1-2H3/t17-,18-,20?,22?/m1/s1. The maximum Gasteiger partial charge on any atom is 0.223 e. The molecule has 0 aromatic heterocycles. The molecule has 27 heavy (non-hydrogen) atoms. The zero-order chi connectivity index (χ0) is 18.9. The van der Waals surface area contributed by atoms with E-state index in [2.05, 4.69) is 28.8 Å². The van der Waals surface area contributed by atoms with Gasteiger partial charge in [0, 0.05) is 31.6 Å². The molecule has 1 spiro atoms. The van der Waals surface area contributed by atoms with Crippen LogP contribution in [0.3, 0.4) is 0 Å². The highest BCUT2D eigenvalue weighted by Gasteiger charge is 2.58. The number of likely N-dealkylation sites (N-methyl/N-ethyl adjacent to an activating group) is 1. The van der Waals surface area contributed by atoms with Crippen molar-refractivity contribution in [3.8, 4) is 0 Å². The number of carbonyl (C=O) groups is 1. The van der Waals surface area contributed by atoms with Crippen LogP contribution in [-0.4, -0.2) is 83.7 Å². The smallest absolute Gasteiger partial charge is 0.223 e. The molecule has 2 saturated heterocycles. The van der Waals surface area contributed by atoms with Crippen molar-refractivity contribution in [2.75, 3.05) is 46.8 Å². The van der Waals surface area contributed by atoms with Gasteiger partial charge in [0.2, 0.25) is 5.91 Å². The Morgan fingerprint density at radius 3 is 2.30 bits per heavy atom. The third-order valence-electron chi connectivity index (χ3n) is 8.95. The van der Waals surface area contributed by atoms with E-state index in [9.17, 15) is 9.90 Å². The highest BCUT2D eigenvalue weighted by molar-refractivity contribution is 5.77. The second kappa shape index (κ2) is 6.17. The third-order valence-corrected chi connectivity index (χ3v) is 8.95. The molecular formula is C22H37N3O2. The van der Waals surface area contributed by atoms with Gasteiger partial charge in [-0.3, -0.25) is 9.69 Å². The van der Waals surface area contributed by atoms with E-state index in [4.69, 9.17) is 0 Å². The zero-order valence-electron chi connectivity index (χ0n) is 17.3. The van der Waals surface area contributed by atoms with Crippen molar-refractivity contribution >= 4 is 5.91 Å². The Labute approximate surface area is 164 Å². The summed E-state index contributed by atoms with van der Waals surface area (Å²) in [4.78, 5) is 20.5. The van der Waals surface area contributed by atoms with Crippen LogP contribution < -0.4 is 0 Å². The van der Waals surface area contributed by atoms with Crippen LogP contribution in [0.15, 0.2) is 0 Å². The molecule has 4 saturated carbocycles. The Balaban J connectivity index is 1.29. The molecule has 6 aliphatic rings. The molecule has 2 heterocycles. The summed E-state index contributed by atoms with van der Waals surface area (Å²) in [6, 6.07) is 0. The Morgan fingerprint density at radius 1 is 1.00 bits per heavy atom. The van der Waals surface area contributed by atoms with Gasteiger partial charge in [-0.25, -0.2) is 0 Å². The molecule has 152 valence electrons. The van der Waals surface area contributed by atoms with Crippen LogP contribution in [0, 0.1) is 17.3 Å². The van der Waals surface area contributed by atoms with Crippen LogP contribution in [-0.2, 0) is 4.79 Å². The first-order valence-electron chi connectivity index (χ1n) is 11.2. The maximum atomic E-state index is 13.4. The lowest BCUT2D eigenvalue weighted by Crippen LogP contribution is -2.65. The third kappa shape index (κ3) is 3.14. The van der Waals surface area contributed by atoms with Gasteiger partial charge in [-0.05, 0) is 95.8 Å². The minimum atomic E-state index is -0.457. The summed E-state index contributed by atoms with van der Waals surface area (Å²) < 4.78 is 0. The van der Waals surface area contributed by atoms with E-state index in [-0.39, 0.29) is 11.0 Å². The Morgan fingerprint density at radius 2 is 1.67 bits per heavy atom. The number of piperazine rings is 1. The number of likely N-dealkylation sites (tertiary alicyclic amines) is 1. The van der Waals surface area contributed by atoms with Crippen LogP contribution in [0.2, 0.25) is 0 Å². The number of aliphatic hydroxyl groups is 1. The number of nitrogens with zero attached hydrogens (tertiary/aromatic N) is 3. The molecule has 5 heteroatoms. The SMILES string of the molecule is CN1CCC2(CC1)CN(C(=O)CC13C[C@H]4C[C@@H](CC(O)(C4)C1)C3)CCN2C. The average Bonchev–Trinajstić information content (AvgIpc) is 2.57. The second-order valence-corrected chi connectivity index (χ2v) is 11.1. The first-order chi connectivity index (χ1) is 12.8. The topological polar surface area (TPSA) is 47.0 Å². The van der Waals surface area contributed by atoms with Gasteiger partial charge in [0.15, 0.2) is 0 Å². The minimum Gasteiger partial charge on any atom is -0.390 e. The van der Waals surface area contributed by atoms with Crippen LogP contribution in [0.1, 0.15) is 57.8 Å². The van der Waals surface area contributed by atoms with Gasteiger partial charge in [-0.1, -0.05) is 0 Å². The van der Waals surface area contributed by atoms with Crippen LogP contribution >= 0.6 is 0 Å². The average molecular weight is 376 g/mol. The molecule has 4 aliphatic carbocycles. The fraction of sp³-hybridized carbons (Fsp3) is 0.955.